The Morgan fingerprint density at radius 3 is 2.38 bits per heavy atom. The molecule has 0 heterocycles. The summed E-state index contributed by atoms with van der Waals surface area (Å²) in [5, 5.41) is 2.93. The zero-order chi connectivity index (χ0) is 24.5. The van der Waals surface area contributed by atoms with Gasteiger partial charge in [0.15, 0.2) is 6.61 Å². The van der Waals surface area contributed by atoms with E-state index in [1.165, 1.54) is 22.6 Å². The normalized spacial score (nSPS) is 12.6. The average Bonchev–Trinajstić information content (AvgIpc) is 2.84. The van der Waals surface area contributed by atoms with E-state index in [1.54, 1.807) is 31.3 Å². The molecule has 0 radical (unpaired) electrons. The van der Waals surface area contributed by atoms with Gasteiger partial charge in [-0.3, -0.25) is 4.79 Å². The molecule has 0 saturated heterocycles. The number of fused-ring (bicyclic) bond motifs is 2. The van der Waals surface area contributed by atoms with E-state index in [1.807, 2.05) is 18.2 Å². The zero-order valence-electron chi connectivity index (χ0n) is 19.3. The molecule has 0 aliphatic rings. The molecular weight excluding hydrogens is 450 g/mol. The summed E-state index contributed by atoms with van der Waals surface area (Å²) in [6.45, 7) is 4.18. The third-order valence-electron chi connectivity index (χ3n) is 6.24. The van der Waals surface area contributed by atoms with Crippen LogP contribution in [0.1, 0.15) is 31.7 Å². The van der Waals surface area contributed by atoms with Gasteiger partial charge in [0.05, 0.1) is 10.6 Å². The number of anilines is 1. The molecule has 0 N–H and O–H groups in total. The van der Waals surface area contributed by atoms with Crippen LogP contribution in [-0.2, 0) is 14.9 Å². The molecule has 0 fully saturated rings. The topological polar surface area (TPSA) is 86.7 Å². The lowest BCUT2D eigenvalue weighted by Gasteiger charge is -2.21. The number of benzene rings is 4. The second kappa shape index (κ2) is 9.44. The van der Waals surface area contributed by atoms with Gasteiger partial charge in [-0.2, -0.15) is 0 Å². The molecular formula is C27H26NO5S-. The van der Waals surface area contributed by atoms with Gasteiger partial charge >= 0.3 is 0 Å². The lowest BCUT2D eigenvalue weighted by atomic mass is 9.96. The minimum Gasteiger partial charge on any atom is -0.744 e. The Balaban J connectivity index is 1.53. The molecule has 1 unspecified atom stereocenters. The van der Waals surface area contributed by atoms with Crippen molar-refractivity contribution in [3.05, 3.63) is 78.4 Å². The Bertz CT molecular complexity index is 1480. The van der Waals surface area contributed by atoms with E-state index < -0.39 is 10.1 Å². The Hall–Kier alpha value is -3.42. The van der Waals surface area contributed by atoms with Gasteiger partial charge in [-0.25, -0.2) is 8.42 Å². The highest BCUT2D eigenvalue weighted by Crippen LogP contribution is 2.31. The second-order valence-corrected chi connectivity index (χ2v) is 9.75. The predicted octanol–water partition coefficient (Wildman–Crippen LogP) is 5.45. The number of likely N-dealkylation sites (N-methyl/N-ethyl adjacent to an activating group) is 1. The number of amides is 1. The maximum atomic E-state index is 12.9. The molecule has 34 heavy (non-hydrogen) atoms. The first-order chi connectivity index (χ1) is 16.2. The molecule has 0 aliphatic carbocycles. The standard InChI is InChI=1S/C27H27NO5S/c1-4-18(2)19-11-12-21-16-22(14-13-20(21)15-19)33-17-27(29)28(3)25-9-5-8-24-23(25)7-6-10-26(24)34(30,31)32/h5-16,18H,4,17H2,1-3H3,(H,30,31,32)/p-1. The third kappa shape index (κ3) is 4.76. The van der Waals surface area contributed by atoms with Gasteiger partial charge in [0.2, 0.25) is 0 Å². The fourth-order valence-corrected chi connectivity index (χ4v) is 4.72. The van der Waals surface area contributed by atoms with Gasteiger partial charge < -0.3 is 14.2 Å². The lowest BCUT2D eigenvalue weighted by Crippen LogP contribution is -2.31. The largest absolute Gasteiger partial charge is 0.744 e. The molecule has 0 spiro atoms. The van der Waals surface area contributed by atoms with E-state index in [2.05, 4.69) is 32.0 Å². The summed E-state index contributed by atoms with van der Waals surface area (Å²) in [5.74, 6) is 0.769. The first-order valence-corrected chi connectivity index (χ1v) is 12.5. The van der Waals surface area contributed by atoms with Crippen LogP contribution in [0.25, 0.3) is 21.5 Å². The SMILES string of the molecule is CCC(C)c1ccc2cc(OCC(=O)N(C)c3cccc4c(S(=O)(=O)[O-])cccc34)ccc2c1. The molecule has 0 aromatic heterocycles. The summed E-state index contributed by atoms with van der Waals surface area (Å²) < 4.78 is 40.6. The van der Waals surface area contributed by atoms with E-state index in [9.17, 15) is 17.8 Å². The van der Waals surface area contributed by atoms with E-state index >= 15 is 0 Å². The second-order valence-electron chi connectivity index (χ2n) is 8.40. The molecule has 4 aromatic carbocycles. The Labute approximate surface area is 199 Å². The number of carbonyl (C=O) groups excluding carboxylic acids is 1. The van der Waals surface area contributed by atoms with Crippen LogP contribution < -0.4 is 9.64 Å². The highest BCUT2D eigenvalue weighted by molar-refractivity contribution is 7.86. The van der Waals surface area contributed by atoms with Gasteiger partial charge in [-0.1, -0.05) is 62.4 Å². The van der Waals surface area contributed by atoms with Crippen molar-refractivity contribution in [2.75, 3.05) is 18.6 Å². The van der Waals surface area contributed by atoms with Crippen molar-refractivity contribution in [1.82, 2.24) is 0 Å². The summed E-state index contributed by atoms with van der Waals surface area (Å²) in [6, 6.07) is 21.4. The van der Waals surface area contributed by atoms with Crippen LogP contribution in [0.4, 0.5) is 5.69 Å². The number of nitrogens with zero attached hydrogens (tertiary/aromatic N) is 1. The van der Waals surface area contributed by atoms with Gasteiger partial charge in [0.25, 0.3) is 5.91 Å². The van der Waals surface area contributed by atoms with Crippen molar-refractivity contribution in [3.8, 4) is 5.75 Å². The molecule has 4 aromatic rings. The summed E-state index contributed by atoms with van der Waals surface area (Å²) in [4.78, 5) is 14.0. The summed E-state index contributed by atoms with van der Waals surface area (Å²) in [6.07, 6.45) is 1.08. The number of hydrogen-bond acceptors (Lipinski definition) is 5. The lowest BCUT2D eigenvalue weighted by molar-refractivity contribution is -0.120. The van der Waals surface area contributed by atoms with Crippen LogP contribution in [0.3, 0.4) is 0 Å². The fourth-order valence-electron chi connectivity index (χ4n) is 4.03. The minimum absolute atomic E-state index is 0.192. The predicted molar refractivity (Wildman–Crippen MR) is 133 cm³/mol. The summed E-state index contributed by atoms with van der Waals surface area (Å²) in [5.41, 5.74) is 1.79. The maximum absolute atomic E-state index is 12.9. The molecule has 176 valence electrons. The Morgan fingerprint density at radius 1 is 0.971 bits per heavy atom. The number of hydrogen-bond donors (Lipinski definition) is 0. The molecule has 1 amide bonds. The van der Waals surface area contributed by atoms with Gasteiger partial charge in [-0.05, 0) is 52.9 Å². The van der Waals surface area contributed by atoms with Crippen molar-refractivity contribution < 1.29 is 22.5 Å². The molecule has 7 heteroatoms. The van der Waals surface area contributed by atoms with Crippen LogP contribution >= 0.6 is 0 Å². The summed E-state index contributed by atoms with van der Waals surface area (Å²) >= 11 is 0. The number of ether oxygens (including phenoxy) is 1. The fraction of sp³-hybridized carbons (Fsp3) is 0.222. The molecule has 4 rings (SSSR count). The van der Waals surface area contributed by atoms with Gasteiger partial charge in [0.1, 0.15) is 15.9 Å². The highest BCUT2D eigenvalue weighted by Gasteiger charge is 2.17. The van der Waals surface area contributed by atoms with E-state index in [0.29, 0.717) is 22.7 Å². The summed E-state index contributed by atoms with van der Waals surface area (Å²) in [7, 11) is -3.05. The number of carbonyl (C=O) groups is 1. The molecule has 0 aliphatic heterocycles. The zero-order valence-corrected chi connectivity index (χ0v) is 20.1. The van der Waals surface area contributed by atoms with Crippen LogP contribution in [-0.4, -0.2) is 32.5 Å². The van der Waals surface area contributed by atoms with Crippen LogP contribution in [0.5, 0.6) is 5.75 Å². The Morgan fingerprint density at radius 2 is 1.65 bits per heavy atom. The average molecular weight is 477 g/mol. The molecule has 1 atom stereocenters. The van der Waals surface area contributed by atoms with Crippen molar-refractivity contribution in [1.29, 1.82) is 0 Å². The van der Waals surface area contributed by atoms with E-state index in [-0.39, 0.29) is 22.8 Å². The van der Waals surface area contributed by atoms with Gasteiger partial charge in [0, 0.05) is 17.8 Å². The monoisotopic (exact) mass is 476 g/mol. The molecule has 6 nitrogen and oxygen atoms in total. The van der Waals surface area contributed by atoms with Crippen molar-refractivity contribution in [3.63, 3.8) is 0 Å². The quantitative estimate of drug-likeness (QED) is 0.331. The first-order valence-electron chi connectivity index (χ1n) is 11.1. The van der Waals surface area contributed by atoms with E-state index in [4.69, 9.17) is 4.74 Å². The van der Waals surface area contributed by atoms with Crippen molar-refractivity contribution in [2.24, 2.45) is 0 Å². The smallest absolute Gasteiger partial charge is 0.264 e. The molecule has 0 bridgehead atoms. The van der Waals surface area contributed by atoms with Crippen LogP contribution in [0, 0.1) is 0 Å². The van der Waals surface area contributed by atoms with Crippen LogP contribution in [0.15, 0.2) is 77.7 Å². The Kier molecular flexibility index (Phi) is 6.59. The maximum Gasteiger partial charge on any atom is 0.264 e. The van der Waals surface area contributed by atoms with Crippen molar-refractivity contribution >= 4 is 43.3 Å². The van der Waals surface area contributed by atoms with Crippen molar-refractivity contribution in [2.45, 2.75) is 31.1 Å². The third-order valence-corrected chi connectivity index (χ3v) is 7.14. The minimum atomic E-state index is -4.64. The van der Waals surface area contributed by atoms with Crippen LogP contribution in [0.2, 0.25) is 0 Å². The highest BCUT2D eigenvalue weighted by atomic mass is 32.2. The molecule has 0 saturated carbocycles. The van der Waals surface area contributed by atoms with Gasteiger partial charge in [-0.15, -0.1) is 0 Å². The van der Waals surface area contributed by atoms with E-state index in [0.717, 1.165) is 17.2 Å². The first kappa shape index (κ1) is 23.7. The number of rotatable bonds is 7.